The number of benzene rings is 1. The first-order valence-corrected chi connectivity index (χ1v) is 7.41. The molecule has 4 heteroatoms. The van der Waals surface area contributed by atoms with Gasteiger partial charge in [0.2, 0.25) is 0 Å². The summed E-state index contributed by atoms with van der Waals surface area (Å²) in [5.74, 6) is -0.0943. The molecule has 0 aromatic heterocycles. The normalized spacial score (nSPS) is 14.5. The molecule has 1 rings (SSSR count). The Morgan fingerprint density at radius 1 is 1.24 bits per heavy atom. The fraction of sp³-hybridized carbons (Fsp3) is 0.588. The summed E-state index contributed by atoms with van der Waals surface area (Å²) in [4.78, 5) is 11.2. The number of carboxylic acid groups (broad SMARTS) is 1. The van der Waals surface area contributed by atoms with Gasteiger partial charge < -0.3 is 15.2 Å². The highest BCUT2D eigenvalue weighted by atomic mass is 16.5. The number of carbonyl (C=O) groups is 1. The zero-order valence-corrected chi connectivity index (χ0v) is 13.7. The number of carboxylic acids is 1. The minimum Gasteiger partial charge on any atom is -0.494 e. The molecule has 0 aliphatic rings. The van der Waals surface area contributed by atoms with Crippen LogP contribution in [-0.4, -0.2) is 30.3 Å². The quantitative estimate of drug-likeness (QED) is 0.772. The highest BCUT2D eigenvalue weighted by Crippen LogP contribution is 2.28. The average Bonchev–Trinajstić information content (AvgIpc) is 2.47. The number of ether oxygens (including phenoxy) is 1. The van der Waals surface area contributed by atoms with Crippen molar-refractivity contribution in [3.63, 3.8) is 0 Å². The van der Waals surface area contributed by atoms with Crippen LogP contribution in [0.25, 0.3) is 0 Å². The molecule has 0 fully saturated rings. The Bertz CT molecular complexity index is 467. The Balaban J connectivity index is 2.60. The number of likely N-dealkylation sites (N-methyl/N-ethyl adjacent to an activating group) is 1. The molecular weight excluding hydrogens is 266 g/mol. The third-order valence-corrected chi connectivity index (χ3v) is 4.41. The van der Waals surface area contributed by atoms with E-state index in [1.165, 1.54) is 5.56 Å². The van der Waals surface area contributed by atoms with Crippen LogP contribution in [0.5, 0.6) is 5.75 Å². The van der Waals surface area contributed by atoms with Crippen molar-refractivity contribution in [2.24, 2.45) is 0 Å². The maximum Gasteiger partial charge on any atom is 0.323 e. The van der Waals surface area contributed by atoms with Crippen LogP contribution < -0.4 is 10.1 Å². The van der Waals surface area contributed by atoms with Crippen LogP contribution in [0.4, 0.5) is 0 Å². The molecule has 0 heterocycles. The second-order valence-electron chi connectivity index (χ2n) is 6.25. The number of aliphatic carboxylic acids is 1. The van der Waals surface area contributed by atoms with Gasteiger partial charge in [0, 0.05) is 6.42 Å². The van der Waals surface area contributed by atoms with E-state index in [-0.39, 0.29) is 5.41 Å². The van der Waals surface area contributed by atoms with E-state index in [9.17, 15) is 4.79 Å². The third-order valence-electron chi connectivity index (χ3n) is 4.41. The summed E-state index contributed by atoms with van der Waals surface area (Å²) in [5, 5.41) is 12.0. The molecule has 2 N–H and O–H groups in total. The van der Waals surface area contributed by atoms with Gasteiger partial charge in [0.25, 0.3) is 0 Å². The Morgan fingerprint density at radius 2 is 1.81 bits per heavy atom. The lowest BCUT2D eigenvalue weighted by Gasteiger charge is -2.25. The summed E-state index contributed by atoms with van der Waals surface area (Å²) in [6, 6.07) is 8.05. The topological polar surface area (TPSA) is 58.6 Å². The maximum absolute atomic E-state index is 11.2. The molecule has 1 unspecified atom stereocenters. The molecule has 21 heavy (non-hydrogen) atoms. The molecule has 4 nitrogen and oxygen atoms in total. The minimum absolute atomic E-state index is 0.159. The third kappa shape index (κ3) is 4.46. The van der Waals surface area contributed by atoms with Crippen molar-refractivity contribution in [3.05, 3.63) is 29.8 Å². The van der Waals surface area contributed by atoms with Crippen molar-refractivity contribution in [2.45, 2.75) is 51.5 Å². The van der Waals surface area contributed by atoms with Gasteiger partial charge in [0.1, 0.15) is 11.3 Å². The van der Waals surface area contributed by atoms with Crippen LogP contribution in [0.3, 0.4) is 0 Å². The first-order chi connectivity index (χ1) is 9.75. The smallest absolute Gasteiger partial charge is 0.323 e. The van der Waals surface area contributed by atoms with Crippen molar-refractivity contribution in [3.8, 4) is 5.75 Å². The highest BCUT2D eigenvalue weighted by Gasteiger charge is 2.30. The minimum atomic E-state index is -0.954. The summed E-state index contributed by atoms with van der Waals surface area (Å²) < 4.78 is 5.65. The van der Waals surface area contributed by atoms with Crippen LogP contribution in [0.1, 0.15) is 46.1 Å². The second-order valence-corrected chi connectivity index (χ2v) is 6.25. The van der Waals surface area contributed by atoms with Crippen LogP contribution in [0, 0.1) is 0 Å². The molecule has 1 aromatic carbocycles. The molecule has 0 saturated carbocycles. The fourth-order valence-electron chi connectivity index (χ4n) is 1.92. The highest BCUT2D eigenvalue weighted by molar-refractivity contribution is 5.78. The summed E-state index contributed by atoms with van der Waals surface area (Å²) in [7, 11) is 1.65. The van der Waals surface area contributed by atoms with Gasteiger partial charge in [0.05, 0.1) is 6.61 Å². The van der Waals surface area contributed by atoms with Crippen molar-refractivity contribution >= 4 is 5.97 Å². The largest absolute Gasteiger partial charge is 0.494 e. The molecule has 0 amide bonds. The predicted molar refractivity (Wildman–Crippen MR) is 85.0 cm³/mol. The Morgan fingerprint density at radius 3 is 2.24 bits per heavy atom. The monoisotopic (exact) mass is 293 g/mol. The van der Waals surface area contributed by atoms with Crippen LogP contribution >= 0.6 is 0 Å². The number of nitrogens with one attached hydrogen (secondary N) is 1. The van der Waals surface area contributed by atoms with Crippen LogP contribution in [0.15, 0.2) is 24.3 Å². The van der Waals surface area contributed by atoms with Crippen LogP contribution in [-0.2, 0) is 10.2 Å². The van der Waals surface area contributed by atoms with Gasteiger partial charge in [0.15, 0.2) is 0 Å². The van der Waals surface area contributed by atoms with Crippen LogP contribution in [0.2, 0.25) is 0 Å². The second kappa shape index (κ2) is 6.94. The van der Waals surface area contributed by atoms with Crippen molar-refractivity contribution < 1.29 is 14.6 Å². The van der Waals surface area contributed by atoms with E-state index >= 15 is 0 Å². The lowest BCUT2D eigenvalue weighted by Crippen LogP contribution is -2.48. The van der Waals surface area contributed by atoms with Crippen molar-refractivity contribution in [1.29, 1.82) is 0 Å². The summed E-state index contributed by atoms with van der Waals surface area (Å²) in [6.45, 7) is 8.63. The van der Waals surface area contributed by atoms with E-state index in [1.54, 1.807) is 14.0 Å². The van der Waals surface area contributed by atoms with Crippen molar-refractivity contribution in [1.82, 2.24) is 5.32 Å². The van der Waals surface area contributed by atoms with E-state index in [0.717, 1.165) is 12.2 Å². The predicted octanol–water partition coefficient (Wildman–Crippen LogP) is 3.21. The molecule has 1 aromatic rings. The van der Waals surface area contributed by atoms with E-state index in [0.29, 0.717) is 13.0 Å². The standard InChI is InChI=1S/C17H27NO3/c1-6-16(2,3)13-7-9-14(10-8-13)21-12-11-17(4,18-5)15(19)20/h7-10,18H,6,11-12H2,1-5H3,(H,19,20). The molecule has 0 aliphatic heterocycles. The van der Waals surface area contributed by atoms with Gasteiger partial charge in [-0.15, -0.1) is 0 Å². The van der Waals surface area contributed by atoms with Gasteiger partial charge in [-0.25, -0.2) is 0 Å². The van der Waals surface area contributed by atoms with Gasteiger partial charge >= 0.3 is 5.97 Å². The summed E-state index contributed by atoms with van der Waals surface area (Å²) in [6.07, 6.45) is 1.48. The molecule has 0 bridgehead atoms. The molecule has 0 spiro atoms. The molecule has 1 atom stereocenters. The lowest BCUT2D eigenvalue weighted by atomic mass is 9.82. The molecule has 0 saturated heterocycles. The molecular formula is C17H27NO3. The zero-order chi connectivity index (χ0) is 16.1. The Kier molecular flexibility index (Phi) is 5.78. The molecule has 0 radical (unpaired) electrons. The number of hydrogen-bond donors (Lipinski definition) is 2. The Labute approximate surface area is 127 Å². The first-order valence-electron chi connectivity index (χ1n) is 7.41. The molecule has 0 aliphatic carbocycles. The SMILES string of the molecule is CCC(C)(C)c1ccc(OCCC(C)(NC)C(=O)O)cc1. The Hall–Kier alpha value is -1.55. The van der Waals surface area contributed by atoms with E-state index in [1.807, 2.05) is 12.1 Å². The first kappa shape index (κ1) is 17.5. The van der Waals surface area contributed by atoms with E-state index in [2.05, 4.69) is 38.2 Å². The number of hydrogen-bond acceptors (Lipinski definition) is 3. The fourth-order valence-corrected chi connectivity index (χ4v) is 1.92. The van der Waals surface area contributed by atoms with Gasteiger partial charge in [-0.3, -0.25) is 4.79 Å². The molecule has 118 valence electrons. The van der Waals surface area contributed by atoms with Gasteiger partial charge in [-0.2, -0.15) is 0 Å². The maximum atomic E-state index is 11.2. The van der Waals surface area contributed by atoms with Gasteiger partial charge in [-0.05, 0) is 43.5 Å². The average molecular weight is 293 g/mol. The van der Waals surface area contributed by atoms with Crippen molar-refractivity contribution in [2.75, 3.05) is 13.7 Å². The van der Waals surface area contributed by atoms with Gasteiger partial charge in [-0.1, -0.05) is 32.9 Å². The van der Waals surface area contributed by atoms with E-state index < -0.39 is 11.5 Å². The number of rotatable bonds is 8. The summed E-state index contributed by atoms with van der Waals surface area (Å²) >= 11 is 0. The van der Waals surface area contributed by atoms with E-state index in [4.69, 9.17) is 9.84 Å². The lowest BCUT2D eigenvalue weighted by molar-refractivity contribution is -0.144. The summed E-state index contributed by atoms with van der Waals surface area (Å²) in [5.41, 5.74) is 0.486. The zero-order valence-electron chi connectivity index (χ0n) is 13.7.